The lowest BCUT2D eigenvalue weighted by Crippen LogP contribution is -2.38. The van der Waals surface area contributed by atoms with Crippen molar-refractivity contribution in [2.24, 2.45) is 11.3 Å². The van der Waals surface area contributed by atoms with E-state index < -0.39 is 0 Å². The molecule has 0 aliphatic carbocycles. The van der Waals surface area contributed by atoms with Crippen molar-refractivity contribution < 1.29 is 4.52 Å². The van der Waals surface area contributed by atoms with Crippen molar-refractivity contribution >= 4 is 0 Å². The molecule has 4 heteroatoms. The van der Waals surface area contributed by atoms with Crippen molar-refractivity contribution in [1.82, 2.24) is 15.5 Å². The topological polar surface area (TPSA) is 51.0 Å². The number of hydrogen-bond acceptors (Lipinski definition) is 4. The molecule has 2 aliphatic rings. The highest BCUT2D eigenvalue weighted by Gasteiger charge is 2.34. The van der Waals surface area contributed by atoms with Crippen LogP contribution in [0.25, 0.3) is 0 Å². The SMILES string of the molecule is CC(C)(C)Cc1noc(CC2CC3CCC(C2)N3)n1. The monoisotopic (exact) mass is 263 g/mol. The molecule has 19 heavy (non-hydrogen) atoms. The predicted molar refractivity (Wildman–Crippen MR) is 73.8 cm³/mol. The minimum absolute atomic E-state index is 0.217. The minimum atomic E-state index is 0.217. The molecular weight excluding hydrogens is 238 g/mol. The van der Waals surface area contributed by atoms with Crippen LogP contribution in [0.5, 0.6) is 0 Å². The maximum atomic E-state index is 5.42. The normalized spacial score (nSPS) is 30.8. The molecule has 1 aromatic heterocycles. The molecule has 0 saturated carbocycles. The number of aromatic nitrogens is 2. The van der Waals surface area contributed by atoms with Crippen LogP contribution < -0.4 is 5.32 Å². The zero-order valence-corrected chi connectivity index (χ0v) is 12.3. The van der Waals surface area contributed by atoms with Crippen LogP contribution in [0, 0.1) is 11.3 Å². The van der Waals surface area contributed by atoms with Crippen molar-refractivity contribution in [1.29, 1.82) is 0 Å². The summed E-state index contributed by atoms with van der Waals surface area (Å²) in [6, 6.07) is 1.47. The first kappa shape index (κ1) is 13.1. The third-order valence-corrected chi connectivity index (χ3v) is 4.23. The number of hydrogen-bond donors (Lipinski definition) is 1. The quantitative estimate of drug-likeness (QED) is 0.911. The molecule has 1 N–H and O–H groups in total. The molecule has 106 valence electrons. The molecule has 0 spiro atoms. The number of piperidine rings is 1. The fourth-order valence-electron chi connectivity index (χ4n) is 3.51. The summed E-state index contributed by atoms with van der Waals surface area (Å²) in [6.07, 6.45) is 7.08. The van der Waals surface area contributed by atoms with E-state index in [-0.39, 0.29) is 5.41 Å². The highest BCUT2D eigenvalue weighted by Crippen LogP contribution is 2.32. The summed E-state index contributed by atoms with van der Waals surface area (Å²) in [5.41, 5.74) is 0.217. The summed E-state index contributed by atoms with van der Waals surface area (Å²) in [5, 5.41) is 7.79. The van der Waals surface area contributed by atoms with Crippen LogP contribution >= 0.6 is 0 Å². The molecule has 3 heterocycles. The van der Waals surface area contributed by atoms with Gasteiger partial charge in [0.15, 0.2) is 5.82 Å². The largest absolute Gasteiger partial charge is 0.339 e. The van der Waals surface area contributed by atoms with Crippen LogP contribution in [0.3, 0.4) is 0 Å². The van der Waals surface area contributed by atoms with E-state index >= 15 is 0 Å². The molecule has 2 unspecified atom stereocenters. The highest BCUT2D eigenvalue weighted by molar-refractivity contribution is 4.96. The summed E-state index contributed by atoms with van der Waals surface area (Å²) in [5.74, 6) is 2.42. The van der Waals surface area contributed by atoms with Crippen LogP contribution in [0.1, 0.15) is 58.2 Å². The van der Waals surface area contributed by atoms with E-state index in [1.165, 1.54) is 25.7 Å². The molecule has 1 aromatic rings. The molecule has 2 atom stereocenters. The van der Waals surface area contributed by atoms with Gasteiger partial charge in [-0.1, -0.05) is 25.9 Å². The fourth-order valence-corrected chi connectivity index (χ4v) is 3.51. The molecule has 2 fully saturated rings. The first-order valence-corrected chi connectivity index (χ1v) is 7.55. The molecule has 0 aromatic carbocycles. The average molecular weight is 263 g/mol. The third-order valence-electron chi connectivity index (χ3n) is 4.23. The maximum Gasteiger partial charge on any atom is 0.226 e. The summed E-state index contributed by atoms with van der Waals surface area (Å²) >= 11 is 0. The summed E-state index contributed by atoms with van der Waals surface area (Å²) in [6.45, 7) is 6.61. The van der Waals surface area contributed by atoms with E-state index in [1.54, 1.807) is 0 Å². The van der Waals surface area contributed by atoms with Gasteiger partial charge in [0.05, 0.1) is 0 Å². The lowest BCUT2D eigenvalue weighted by atomic mass is 9.89. The molecule has 2 saturated heterocycles. The summed E-state index contributed by atoms with van der Waals surface area (Å²) < 4.78 is 5.42. The Labute approximate surface area is 115 Å². The van der Waals surface area contributed by atoms with Crippen LogP contribution in [-0.2, 0) is 12.8 Å². The number of nitrogens with one attached hydrogen (secondary N) is 1. The Morgan fingerprint density at radius 2 is 1.89 bits per heavy atom. The Morgan fingerprint density at radius 1 is 1.21 bits per heavy atom. The fraction of sp³-hybridized carbons (Fsp3) is 0.867. The van der Waals surface area contributed by atoms with E-state index in [1.807, 2.05) is 0 Å². The number of fused-ring (bicyclic) bond motifs is 2. The van der Waals surface area contributed by atoms with Crippen LogP contribution in [-0.4, -0.2) is 22.2 Å². The van der Waals surface area contributed by atoms with E-state index in [9.17, 15) is 0 Å². The van der Waals surface area contributed by atoms with Gasteiger partial charge in [-0.05, 0) is 37.0 Å². The van der Waals surface area contributed by atoms with Crippen molar-refractivity contribution in [2.75, 3.05) is 0 Å². The Bertz CT molecular complexity index is 423. The van der Waals surface area contributed by atoms with Gasteiger partial charge in [-0.3, -0.25) is 0 Å². The van der Waals surface area contributed by atoms with Crippen molar-refractivity contribution in [2.45, 2.75) is 71.4 Å². The Balaban J connectivity index is 1.58. The van der Waals surface area contributed by atoms with Gasteiger partial charge in [-0.2, -0.15) is 4.98 Å². The molecule has 2 aliphatic heterocycles. The number of rotatable bonds is 3. The van der Waals surface area contributed by atoms with Gasteiger partial charge < -0.3 is 9.84 Å². The molecular formula is C15H25N3O. The zero-order valence-electron chi connectivity index (χ0n) is 12.3. The van der Waals surface area contributed by atoms with Crippen LogP contribution in [0.4, 0.5) is 0 Å². The van der Waals surface area contributed by atoms with Gasteiger partial charge in [0.2, 0.25) is 5.89 Å². The molecule has 3 rings (SSSR count). The highest BCUT2D eigenvalue weighted by atomic mass is 16.5. The van der Waals surface area contributed by atoms with Gasteiger partial charge in [0.25, 0.3) is 0 Å². The first-order chi connectivity index (χ1) is 8.98. The zero-order chi connectivity index (χ0) is 13.5. The van der Waals surface area contributed by atoms with Gasteiger partial charge in [0.1, 0.15) is 0 Å². The van der Waals surface area contributed by atoms with Crippen molar-refractivity contribution in [3.8, 4) is 0 Å². The smallest absolute Gasteiger partial charge is 0.226 e. The predicted octanol–water partition coefficient (Wildman–Crippen LogP) is 2.73. The summed E-state index contributed by atoms with van der Waals surface area (Å²) in [7, 11) is 0. The second-order valence-corrected chi connectivity index (χ2v) is 7.52. The van der Waals surface area contributed by atoms with Gasteiger partial charge in [-0.25, -0.2) is 0 Å². The van der Waals surface area contributed by atoms with Gasteiger partial charge in [0, 0.05) is 24.9 Å². The van der Waals surface area contributed by atoms with E-state index in [2.05, 4.69) is 36.2 Å². The van der Waals surface area contributed by atoms with Crippen LogP contribution in [0.2, 0.25) is 0 Å². The van der Waals surface area contributed by atoms with Gasteiger partial charge in [-0.15, -0.1) is 0 Å². The minimum Gasteiger partial charge on any atom is -0.339 e. The third kappa shape index (κ3) is 3.35. The molecule has 4 nitrogen and oxygen atoms in total. The average Bonchev–Trinajstić information content (AvgIpc) is 2.84. The molecule has 0 radical (unpaired) electrons. The summed E-state index contributed by atoms with van der Waals surface area (Å²) in [4.78, 5) is 4.56. The standard InChI is InChI=1S/C15H25N3O/c1-15(2,3)9-13-17-14(19-18-13)8-10-6-11-4-5-12(7-10)16-11/h10-12,16H,4-9H2,1-3H3. The van der Waals surface area contributed by atoms with E-state index in [4.69, 9.17) is 4.52 Å². The molecule has 0 amide bonds. The Kier molecular flexibility index (Phi) is 3.37. The Morgan fingerprint density at radius 3 is 2.53 bits per heavy atom. The first-order valence-electron chi connectivity index (χ1n) is 7.55. The van der Waals surface area contributed by atoms with Crippen molar-refractivity contribution in [3.05, 3.63) is 11.7 Å². The lowest BCUT2D eigenvalue weighted by molar-refractivity contribution is 0.269. The number of nitrogens with zero attached hydrogens (tertiary/aromatic N) is 2. The van der Waals surface area contributed by atoms with Crippen molar-refractivity contribution in [3.63, 3.8) is 0 Å². The lowest BCUT2D eigenvalue weighted by Gasteiger charge is -2.28. The molecule has 2 bridgehead atoms. The van der Waals surface area contributed by atoms with Gasteiger partial charge >= 0.3 is 0 Å². The van der Waals surface area contributed by atoms with Crippen LogP contribution in [0.15, 0.2) is 4.52 Å². The van der Waals surface area contributed by atoms with E-state index in [0.717, 1.165) is 42.6 Å². The second-order valence-electron chi connectivity index (χ2n) is 7.52. The van der Waals surface area contributed by atoms with E-state index in [0.29, 0.717) is 0 Å². The Hall–Kier alpha value is -0.900. The maximum absolute atomic E-state index is 5.42. The second kappa shape index (κ2) is 4.89.